The number of hydrogen-bond donors (Lipinski definition) is 2. The topological polar surface area (TPSA) is 90.0 Å². The lowest BCUT2D eigenvalue weighted by Crippen LogP contribution is -2.37. The Morgan fingerprint density at radius 1 is 1.24 bits per heavy atom. The fraction of sp³-hybridized carbons (Fsp3) is 0.278. The van der Waals surface area contributed by atoms with E-state index in [-0.39, 0.29) is 12.1 Å². The summed E-state index contributed by atoms with van der Waals surface area (Å²) in [6.07, 6.45) is 4.14. The zero-order valence-electron chi connectivity index (χ0n) is 13.6. The van der Waals surface area contributed by atoms with E-state index >= 15 is 0 Å². The first-order valence-corrected chi connectivity index (χ1v) is 9.10. The SMILES string of the molecule is NNC(=O)Cn1c(-c2ccccc2)nc2sc3c(c2c1=O)CCCC3. The highest BCUT2D eigenvalue weighted by Crippen LogP contribution is 2.34. The Kier molecular flexibility index (Phi) is 4.10. The number of carbonyl (C=O) groups excluding carboxylic acids is 1. The molecule has 1 aliphatic rings. The van der Waals surface area contributed by atoms with Gasteiger partial charge in [-0.1, -0.05) is 30.3 Å². The van der Waals surface area contributed by atoms with Gasteiger partial charge >= 0.3 is 0 Å². The van der Waals surface area contributed by atoms with Gasteiger partial charge in [-0.05, 0) is 31.2 Å². The molecule has 3 aromatic rings. The second-order valence-electron chi connectivity index (χ2n) is 6.15. The van der Waals surface area contributed by atoms with E-state index in [1.54, 1.807) is 11.3 Å². The summed E-state index contributed by atoms with van der Waals surface area (Å²) < 4.78 is 1.43. The van der Waals surface area contributed by atoms with Crippen molar-refractivity contribution in [3.63, 3.8) is 0 Å². The zero-order valence-corrected chi connectivity index (χ0v) is 14.4. The molecule has 2 heterocycles. The Labute approximate surface area is 148 Å². The molecule has 0 bridgehead atoms. The van der Waals surface area contributed by atoms with Crippen LogP contribution in [0.2, 0.25) is 0 Å². The van der Waals surface area contributed by atoms with Crippen LogP contribution in [0.25, 0.3) is 21.6 Å². The second-order valence-corrected chi connectivity index (χ2v) is 7.23. The van der Waals surface area contributed by atoms with Gasteiger partial charge in [0.1, 0.15) is 17.2 Å². The predicted octanol–water partition coefficient (Wildman–Crippen LogP) is 1.99. The smallest absolute Gasteiger partial charge is 0.263 e. The third-order valence-corrected chi connectivity index (χ3v) is 5.76. The molecule has 0 fully saturated rings. The Bertz CT molecular complexity index is 1010. The summed E-state index contributed by atoms with van der Waals surface area (Å²) in [5, 5.41) is 0.671. The van der Waals surface area contributed by atoms with Crippen LogP contribution < -0.4 is 16.8 Å². The van der Waals surface area contributed by atoms with Crippen LogP contribution in [0, 0.1) is 0 Å². The number of benzene rings is 1. The Morgan fingerprint density at radius 3 is 2.76 bits per heavy atom. The van der Waals surface area contributed by atoms with E-state index in [0.717, 1.165) is 41.6 Å². The summed E-state index contributed by atoms with van der Waals surface area (Å²) in [6, 6.07) is 9.45. The Balaban J connectivity index is 2.01. The maximum Gasteiger partial charge on any atom is 0.263 e. The normalized spacial score (nSPS) is 13.6. The van der Waals surface area contributed by atoms with E-state index < -0.39 is 5.91 Å². The molecule has 128 valence electrons. The number of fused-ring (bicyclic) bond motifs is 3. The molecule has 0 saturated carbocycles. The van der Waals surface area contributed by atoms with Crippen molar-refractivity contribution < 1.29 is 4.79 Å². The van der Waals surface area contributed by atoms with Crippen molar-refractivity contribution in [3.8, 4) is 11.4 Å². The van der Waals surface area contributed by atoms with Crippen molar-refractivity contribution in [2.24, 2.45) is 5.84 Å². The molecule has 3 N–H and O–H groups in total. The lowest BCUT2D eigenvalue weighted by Gasteiger charge is -2.13. The van der Waals surface area contributed by atoms with E-state index in [1.165, 1.54) is 9.44 Å². The van der Waals surface area contributed by atoms with Gasteiger partial charge in [0.2, 0.25) is 0 Å². The van der Waals surface area contributed by atoms with Crippen LogP contribution in [-0.4, -0.2) is 15.5 Å². The fourth-order valence-corrected chi connectivity index (χ4v) is 4.63. The molecular formula is C18H18N4O2S. The van der Waals surface area contributed by atoms with Gasteiger partial charge < -0.3 is 0 Å². The molecule has 0 aliphatic heterocycles. The molecule has 2 aromatic heterocycles. The molecule has 7 heteroatoms. The molecule has 1 aromatic carbocycles. The molecule has 0 spiro atoms. The fourth-order valence-electron chi connectivity index (χ4n) is 3.38. The molecule has 0 atom stereocenters. The minimum absolute atomic E-state index is 0.146. The molecule has 1 amide bonds. The highest BCUT2D eigenvalue weighted by Gasteiger charge is 2.23. The highest BCUT2D eigenvalue weighted by atomic mass is 32.1. The predicted molar refractivity (Wildman–Crippen MR) is 98.3 cm³/mol. The standard InChI is InChI=1S/C18H18N4O2S/c19-21-14(23)10-22-16(11-6-2-1-3-7-11)20-17-15(18(22)24)12-8-4-5-9-13(12)25-17/h1-3,6-7H,4-5,8-10,19H2,(H,21,23). The first-order valence-electron chi connectivity index (χ1n) is 8.29. The summed E-state index contributed by atoms with van der Waals surface area (Å²) in [5.74, 6) is 5.30. The number of nitrogens with two attached hydrogens (primary N) is 1. The average molecular weight is 354 g/mol. The summed E-state index contributed by atoms with van der Waals surface area (Å²) in [7, 11) is 0. The van der Waals surface area contributed by atoms with Crippen LogP contribution >= 0.6 is 11.3 Å². The summed E-state index contributed by atoms with van der Waals surface area (Å²) in [4.78, 5) is 31.9. The number of hydrazine groups is 1. The van der Waals surface area contributed by atoms with Gasteiger partial charge in [0.25, 0.3) is 11.5 Å². The van der Waals surface area contributed by atoms with Gasteiger partial charge in [0.15, 0.2) is 0 Å². The molecule has 25 heavy (non-hydrogen) atoms. The molecule has 0 unspecified atom stereocenters. The number of aromatic nitrogens is 2. The van der Waals surface area contributed by atoms with Gasteiger partial charge in [-0.25, -0.2) is 10.8 Å². The van der Waals surface area contributed by atoms with Gasteiger partial charge in [0, 0.05) is 10.4 Å². The summed E-state index contributed by atoms with van der Waals surface area (Å²) in [5.41, 5.74) is 3.86. The average Bonchev–Trinajstić information content (AvgIpc) is 3.03. The molecule has 4 rings (SSSR count). The number of thiophene rings is 1. The minimum atomic E-state index is -0.426. The van der Waals surface area contributed by atoms with E-state index in [2.05, 4.69) is 5.43 Å². The largest absolute Gasteiger partial charge is 0.293 e. The van der Waals surface area contributed by atoms with Crippen LogP contribution in [0.3, 0.4) is 0 Å². The maximum absolute atomic E-state index is 13.2. The van der Waals surface area contributed by atoms with Gasteiger partial charge in [-0.2, -0.15) is 0 Å². The summed E-state index contributed by atoms with van der Waals surface area (Å²) in [6.45, 7) is -0.146. The van der Waals surface area contributed by atoms with E-state index in [4.69, 9.17) is 10.8 Å². The van der Waals surface area contributed by atoms with Crippen molar-refractivity contribution >= 4 is 27.5 Å². The minimum Gasteiger partial charge on any atom is -0.293 e. The third kappa shape index (κ3) is 2.75. The van der Waals surface area contributed by atoms with Gasteiger partial charge in [-0.15, -0.1) is 11.3 Å². The molecule has 1 aliphatic carbocycles. The number of amides is 1. The lowest BCUT2D eigenvalue weighted by atomic mass is 9.97. The van der Waals surface area contributed by atoms with Gasteiger partial charge in [0.05, 0.1) is 5.39 Å². The highest BCUT2D eigenvalue weighted by molar-refractivity contribution is 7.18. The van der Waals surface area contributed by atoms with E-state index in [9.17, 15) is 9.59 Å². The van der Waals surface area contributed by atoms with Crippen molar-refractivity contribution in [1.29, 1.82) is 0 Å². The third-order valence-electron chi connectivity index (χ3n) is 4.57. The van der Waals surface area contributed by atoms with Crippen LogP contribution in [0.15, 0.2) is 35.1 Å². The first-order chi connectivity index (χ1) is 12.2. The maximum atomic E-state index is 13.2. The van der Waals surface area contributed by atoms with E-state index in [1.807, 2.05) is 30.3 Å². The first kappa shape index (κ1) is 16.0. The molecular weight excluding hydrogens is 336 g/mol. The number of nitrogens with zero attached hydrogens (tertiary/aromatic N) is 2. The monoisotopic (exact) mass is 354 g/mol. The second kappa shape index (κ2) is 6.42. The molecule has 0 saturated heterocycles. The molecule has 0 radical (unpaired) electrons. The van der Waals surface area contributed by atoms with Crippen molar-refractivity contribution in [2.75, 3.05) is 0 Å². The Hall–Kier alpha value is -2.51. The van der Waals surface area contributed by atoms with Crippen LogP contribution in [-0.2, 0) is 24.2 Å². The van der Waals surface area contributed by atoms with Crippen LogP contribution in [0.1, 0.15) is 23.3 Å². The van der Waals surface area contributed by atoms with Crippen molar-refractivity contribution in [1.82, 2.24) is 15.0 Å². The summed E-state index contributed by atoms with van der Waals surface area (Å²) >= 11 is 1.61. The lowest BCUT2D eigenvalue weighted by molar-refractivity contribution is -0.121. The number of nitrogens with one attached hydrogen (secondary N) is 1. The quantitative estimate of drug-likeness (QED) is 0.428. The molecule has 6 nitrogen and oxygen atoms in total. The Morgan fingerprint density at radius 2 is 2.00 bits per heavy atom. The number of hydrogen-bond acceptors (Lipinski definition) is 5. The van der Waals surface area contributed by atoms with Gasteiger partial charge in [-0.3, -0.25) is 19.6 Å². The zero-order chi connectivity index (χ0) is 17.4. The van der Waals surface area contributed by atoms with Crippen molar-refractivity contribution in [2.45, 2.75) is 32.2 Å². The van der Waals surface area contributed by atoms with E-state index in [0.29, 0.717) is 11.2 Å². The van der Waals surface area contributed by atoms with Crippen LogP contribution in [0.4, 0.5) is 0 Å². The van der Waals surface area contributed by atoms with Crippen LogP contribution in [0.5, 0.6) is 0 Å². The van der Waals surface area contributed by atoms with Crippen molar-refractivity contribution in [3.05, 3.63) is 51.1 Å². The number of aryl methyl sites for hydroxylation is 2. The number of carbonyl (C=O) groups is 1. The number of rotatable bonds is 3.